The number of nitrogen functional groups attached to an aromatic ring is 1. The van der Waals surface area contributed by atoms with Crippen molar-refractivity contribution < 1.29 is 4.74 Å². The van der Waals surface area contributed by atoms with Crippen LogP contribution >= 0.6 is 11.6 Å². The first kappa shape index (κ1) is 12.7. The highest BCUT2D eigenvalue weighted by Crippen LogP contribution is 2.22. The topological polar surface area (TPSA) is 73.1 Å². The molecule has 1 aromatic heterocycles. The average Bonchev–Trinajstić information content (AvgIpc) is 2.23. The maximum Gasteiger partial charge on any atom is 0.150 e. The Hall–Kier alpha value is -1.33. The van der Waals surface area contributed by atoms with Crippen LogP contribution in [-0.2, 0) is 4.74 Å². The summed E-state index contributed by atoms with van der Waals surface area (Å²) in [6.07, 6.45) is 1.36. The maximum atomic E-state index is 5.89. The van der Waals surface area contributed by atoms with E-state index in [9.17, 15) is 0 Å². The molecular weight excluding hydrogens is 228 g/mol. The summed E-state index contributed by atoms with van der Waals surface area (Å²) in [6, 6.07) is 0. The van der Waals surface area contributed by atoms with Gasteiger partial charge in [0.15, 0.2) is 5.82 Å². The van der Waals surface area contributed by atoms with Gasteiger partial charge in [-0.1, -0.05) is 23.8 Å². The predicted molar refractivity (Wildman–Crippen MR) is 65.6 cm³/mol. The minimum absolute atomic E-state index is 0.266. The first-order valence-corrected chi connectivity index (χ1v) is 5.21. The quantitative estimate of drug-likeness (QED) is 0.587. The van der Waals surface area contributed by atoms with Crippen LogP contribution < -0.4 is 11.1 Å². The second-order valence-electron chi connectivity index (χ2n) is 3.36. The highest BCUT2D eigenvalue weighted by molar-refractivity contribution is 6.35. The number of ether oxygens (including phenoxy) is 1. The van der Waals surface area contributed by atoms with E-state index in [0.29, 0.717) is 30.6 Å². The number of anilines is 2. The first-order valence-electron chi connectivity index (χ1n) is 4.83. The second kappa shape index (κ2) is 6.30. The number of nitrogens with one attached hydrogen (secondary N) is 1. The summed E-state index contributed by atoms with van der Waals surface area (Å²) >= 11 is 5.89. The molecule has 0 aliphatic carbocycles. The highest BCUT2D eigenvalue weighted by atomic mass is 35.5. The highest BCUT2D eigenvalue weighted by Gasteiger charge is 2.04. The molecule has 0 saturated carbocycles. The molecule has 1 rings (SSSR count). The Balaban J connectivity index is 2.32. The van der Waals surface area contributed by atoms with E-state index in [0.717, 1.165) is 5.57 Å². The lowest BCUT2D eigenvalue weighted by Crippen LogP contribution is -2.12. The molecule has 0 aliphatic rings. The lowest BCUT2D eigenvalue weighted by atomic mass is 10.4. The largest absolute Gasteiger partial charge is 0.382 e. The Kier molecular flexibility index (Phi) is 5.01. The molecule has 0 spiro atoms. The van der Waals surface area contributed by atoms with Crippen molar-refractivity contribution in [3.63, 3.8) is 0 Å². The normalized spacial score (nSPS) is 10.1. The fraction of sp³-hybridized carbons (Fsp3) is 0.400. The Morgan fingerprint density at radius 1 is 1.62 bits per heavy atom. The lowest BCUT2D eigenvalue weighted by molar-refractivity contribution is 0.167. The van der Waals surface area contributed by atoms with Gasteiger partial charge in [0.05, 0.1) is 13.2 Å². The van der Waals surface area contributed by atoms with Crippen molar-refractivity contribution in [1.29, 1.82) is 0 Å². The number of nitrogens with two attached hydrogens (primary N) is 1. The number of nitrogens with zero attached hydrogens (tertiary/aromatic N) is 2. The number of aromatic nitrogens is 2. The minimum atomic E-state index is 0.266. The fourth-order valence-electron chi connectivity index (χ4n) is 0.995. The SMILES string of the molecule is C=C(C)COCCNc1ncnc(N)c1Cl. The molecule has 0 fully saturated rings. The van der Waals surface area contributed by atoms with Crippen molar-refractivity contribution in [1.82, 2.24) is 9.97 Å². The van der Waals surface area contributed by atoms with Crippen LogP contribution in [0, 0.1) is 0 Å². The van der Waals surface area contributed by atoms with E-state index in [1.165, 1.54) is 6.33 Å². The van der Waals surface area contributed by atoms with Crippen molar-refractivity contribution in [2.75, 3.05) is 30.8 Å². The number of rotatable bonds is 6. The van der Waals surface area contributed by atoms with E-state index >= 15 is 0 Å². The lowest BCUT2D eigenvalue weighted by Gasteiger charge is -2.08. The van der Waals surface area contributed by atoms with Crippen molar-refractivity contribution in [2.24, 2.45) is 0 Å². The summed E-state index contributed by atoms with van der Waals surface area (Å²) in [4.78, 5) is 7.72. The van der Waals surface area contributed by atoms with E-state index < -0.39 is 0 Å². The van der Waals surface area contributed by atoms with Crippen LogP contribution in [0.25, 0.3) is 0 Å². The van der Waals surface area contributed by atoms with Crippen molar-refractivity contribution in [3.8, 4) is 0 Å². The summed E-state index contributed by atoms with van der Waals surface area (Å²) in [7, 11) is 0. The monoisotopic (exact) mass is 242 g/mol. The van der Waals surface area contributed by atoms with Gasteiger partial charge in [-0.15, -0.1) is 0 Å². The summed E-state index contributed by atoms with van der Waals surface area (Å²) in [5.74, 6) is 0.787. The molecule has 88 valence electrons. The molecule has 0 radical (unpaired) electrons. The molecule has 1 aromatic rings. The van der Waals surface area contributed by atoms with Gasteiger partial charge in [0, 0.05) is 6.54 Å². The molecule has 0 aromatic carbocycles. The summed E-state index contributed by atoms with van der Waals surface area (Å²) in [5.41, 5.74) is 6.51. The van der Waals surface area contributed by atoms with Crippen LogP contribution in [0.4, 0.5) is 11.6 Å². The van der Waals surface area contributed by atoms with Crippen LogP contribution in [0.3, 0.4) is 0 Å². The molecular formula is C10H15ClN4O. The summed E-state index contributed by atoms with van der Waals surface area (Å²) in [6.45, 7) is 7.35. The van der Waals surface area contributed by atoms with E-state index in [1.54, 1.807) is 0 Å². The zero-order valence-electron chi connectivity index (χ0n) is 9.16. The maximum absolute atomic E-state index is 5.89. The van der Waals surface area contributed by atoms with Gasteiger partial charge in [-0.2, -0.15) is 0 Å². The molecule has 0 saturated heterocycles. The van der Waals surface area contributed by atoms with Gasteiger partial charge >= 0.3 is 0 Å². The third kappa shape index (κ3) is 4.04. The standard InChI is InChI=1S/C10H15ClN4O/c1-7(2)5-16-4-3-13-10-8(11)9(12)14-6-15-10/h6H,1,3-5H2,2H3,(H3,12,13,14,15). The van der Waals surface area contributed by atoms with E-state index in [1.807, 2.05) is 6.92 Å². The number of halogens is 1. The van der Waals surface area contributed by atoms with Gasteiger partial charge in [0.25, 0.3) is 0 Å². The predicted octanol–water partition coefficient (Wildman–Crippen LogP) is 1.72. The van der Waals surface area contributed by atoms with Gasteiger partial charge in [0.1, 0.15) is 17.2 Å². The molecule has 0 bridgehead atoms. The third-order valence-corrected chi connectivity index (χ3v) is 2.08. The molecule has 0 unspecified atom stereocenters. The minimum Gasteiger partial charge on any atom is -0.382 e. The van der Waals surface area contributed by atoms with E-state index in [4.69, 9.17) is 22.1 Å². The Morgan fingerprint density at radius 3 is 3.06 bits per heavy atom. The molecule has 0 amide bonds. The van der Waals surface area contributed by atoms with Crippen LogP contribution in [-0.4, -0.2) is 29.7 Å². The fourth-order valence-corrected chi connectivity index (χ4v) is 1.16. The smallest absolute Gasteiger partial charge is 0.150 e. The van der Waals surface area contributed by atoms with Gasteiger partial charge in [-0.05, 0) is 6.92 Å². The zero-order chi connectivity index (χ0) is 12.0. The summed E-state index contributed by atoms with van der Waals surface area (Å²) in [5, 5.41) is 3.35. The van der Waals surface area contributed by atoms with Crippen LogP contribution in [0.5, 0.6) is 0 Å². The third-order valence-electron chi connectivity index (χ3n) is 1.70. The Labute approximate surface area is 99.7 Å². The Bertz CT molecular complexity index is 370. The van der Waals surface area contributed by atoms with Crippen LogP contribution in [0.1, 0.15) is 6.92 Å². The molecule has 5 nitrogen and oxygen atoms in total. The summed E-state index contributed by atoms with van der Waals surface area (Å²) < 4.78 is 5.31. The first-order chi connectivity index (χ1) is 7.61. The average molecular weight is 243 g/mol. The van der Waals surface area contributed by atoms with Crippen LogP contribution in [0.15, 0.2) is 18.5 Å². The molecule has 0 atom stereocenters. The van der Waals surface area contributed by atoms with Gasteiger partial charge in [-0.3, -0.25) is 0 Å². The molecule has 0 aliphatic heterocycles. The van der Waals surface area contributed by atoms with Crippen molar-refractivity contribution in [3.05, 3.63) is 23.5 Å². The van der Waals surface area contributed by atoms with Crippen LogP contribution in [0.2, 0.25) is 5.02 Å². The molecule has 1 heterocycles. The number of hydrogen-bond donors (Lipinski definition) is 2. The van der Waals surface area contributed by atoms with Gasteiger partial charge in [-0.25, -0.2) is 9.97 Å². The van der Waals surface area contributed by atoms with Gasteiger partial charge < -0.3 is 15.8 Å². The van der Waals surface area contributed by atoms with E-state index in [-0.39, 0.29) is 5.82 Å². The molecule has 3 N–H and O–H groups in total. The number of hydrogen-bond acceptors (Lipinski definition) is 5. The molecule has 16 heavy (non-hydrogen) atoms. The van der Waals surface area contributed by atoms with Gasteiger partial charge in [0.2, 0.25) is 0 Å². The zero-order valence-corrected chi connectivity index (χ0v) is 9.92. The van der Waals surface area contributed by atoms with Crippen molar-refractivity contribution >= 4 is 23.2 Å². The van der Waals surface area contributed by atoms with Crippen molar-refractivity contribution in [2.45, 2.75) is 6.92 Å². The second-order valence-corrected chi connectivity index (χ2v) is 3.74. The molecule has 6 heteroatoms. The van der Waals surface area contributed by atoms with E-state index in [2.05, 4.69) is 21.9 Å². The Morgan fingerprint density at radius 2 is 2.38 bits per heavy atom.